The summed E-state index contributed by atoms with van der Waals surface area (Å²) in [6.07, 6.45) is 1.75. The number of aryl methyl sites for hydroxylation is 2. The van der Waals surface area contributed by atoms with Crippen molar-refractivity contribution in [1.29, 1.82) is 0 Å². The standard InChI is InChI=1S/C12H23N3O/c1-5-10-7-11(15(4)14-10)8-12(3,13)9-16-6-2/h7H,5-6,8-9,13H2,1-4H3. The number of nitrogens with zero attached hydrogens (tertiary/aromatic N) is 2. The summed E-state index contributed by atoms with van der Waals surface area (Å²) in [6.45, 7) is 7.39. The molecule has 1 unspecified atom stereocenters. The Balaban J connectivity index is 2.67. The molecule has 0 radical (unpaired) electrons. The smallest absolute Gasteiger partial charge is 0.0647 e. The van der Waals surface area contributed by atoms with Crippen molar-refractivity contribution in [1.82, 2.24) is 9.78 Å². The van der Waals surface area contributed by atoms with Crippen molar-refractivity contribution in [2.75, 3.05) is 13.2 Å². The van der Waals surface area contributed by atoms with Crippen molar-refractivity contribution in [2.45, 2.75) is 39.2 Å². The lowest BCUT2D eigenvalue weighted by Crippen LogP contribution is -2.43. The number of ether oxygens (including phenoxy) is 1. The molecule has 0 saturated carbocycles. The maximum atomic E-state index is 6.19. The monoisotopic (exact) mass is 225 g/mol. The summed E-state index contributed by atoms with van der Waals surface area (Å²) < 4.78 is 7.30. The zero-order valence-corrected chi connectivity index (χ0v) is 10.8. The Morgan fingerprint density at radius 2 is 2.19 bits per heavy atom. The zero-order chi connectivity index (χ0) is 12.2. The molecule has 1 atom stereocenters. The quantitative estimate of drug-likeness (QED) is 0.793. The second kappa shape index (κ2) is 5.46. The van der Waals surface area contributed by atoms with Crippen LogP contribution in [0.15, 0.2) is 6.07 Å². The predicted octanol–water partition coefficient (Wildman–Crippen LogP) is 1.28. The fourth-order valence-corrected chi connectivity index (χ4v) is 1.71. The van der Waals surface area contributed by atoms with E-state index in [2.05, 4.69) is 18.1 Å². The summed E-state index contributed by atoms with van der Waals surface area (Å²) in [5, 5.41) is 4.41. The van der Waals surface area contributed by atoms with Crippen molar-refractivity contribution >= 4 is 0 Å². The SMILES string of the molecule is CCOCC(C)(N)Cc1cc(CC)nn1C. The summed E-state index contributed by atoms with van der Waals surface area (Å²) in [6, 6.07) is 2.12. The first-order chi connectivity index (χ1) is 7.48. The molecule has 1 heterocycles. The maximum absolute atomic E-state index is 6.19. The first kappa shape index (κ1) is 13.2. The fourth-order valence-electron chi connectivity index (χ4n) is 1.71. The lowest BCUT2D eigenvalue weighted by Gasteiger charge is -2.24. The molecule has 1 aromatic heterocycles. The Morgan fingerprint density at radius 3 is 2.69 bits per heavy atom. The van der Waals surface area contributed by atoms with Crippen molar-refractivity contribution in [3.05, 3.63) is 17.5 Å². The van der Waals surface area contributed by atoms with Crippen LogP contribution in [-0.4, -0.2) is 28.5 Å². The van der Waals surface area contributed by atoms with E-state index in [4.69, 9.17) is 10.5 Å². The van der Waals surface area contributed by atoms with Crippen LogP contribution in [0.1, 0.15) is 32.2 Å². The van der Waals surface area contributed by atoms with Crippen molar-refractivity contribution < 1.29 is 4.74 Å². The Labute approximate surface area is 97.8 Å². The molecule has 0 fully saturated rings. The third-order valence-electron chi connectivity index (χ3n) is 2.61. The molecule has 0 aliphatic rings. The molecule has 1 aromatic rings. The van der Waals surface area contributed by atoms with Crippen LogP contribution >= 0.6 is 0 Å². The van der Waals surface area contributed by atoms with Gasteiger partial charge >= 0.3 is 0 Å². The van der Waals surface area contributed by atoms with Crippen LogP contribution < -0.4 is 5.73 Å². The first-order valence-corrected chi connectivity index (χ1v) is 5.87. The van der Waals surface area contributed by atoms with Crippen molar-refractivity contribution in [3.8, 4) is 0 Å². The largest absolute Gasteiger partial charge is 0.380 e. The molecule has 0 spiro atoms. The van der Waals surface area contributed by atoms with E-state index in [-0.39, 0.29) is 5.54 Å². The van der Waals surface area contributed by atoms with Crippen LogP contribution in [-0.2, 0) is 24.6 Å². The van der Waals surface area contributed by atoms with Crippen LogP contribution in [0.4, 0.5) is 0 Å². The number of hydrogen-bond acceptors (Lipinski definition) is 3. The number of rotatable bonds is 6. The van der Waals surface area contributed by atoms with E-state index in [9.17, 15) is 0 Å². The minimum atomic E-state index is -0.325. The van der Waals surface area contributed by atoms with Gasteiger partial charge in [0.1, 0.15) is 0 Å². The van der Waals surface area contributed by atoms with Gasteiger partial charge < -0.3 is 10.5 Å². The van der Waals surface area contributed by atoms with Gasteiger partial charge in [-0.3, -0.25) is 4.68 Å². The number of hydrogen-bond donors (Lipinski definition) is 1. The molecule has 0 bridgehead atoms. The molecule has 92 valence electrons. The number of aromatic nitrogens is 2. The fraction of sp³-hybridized carbons (Fsp3) is 0.750. The Hall–Kier alpha value is -0.870. The van der Waals surface area contributed by atoms with Crippen molar-refractivity contribution in [2.24, 2.45) is 12.8 Å². The van der Waals surface area contributed by atoms with Gasteiger partial charge in [0.05, 0.1) is 12.3 Å². The van der Waals surface area contributed by atoms with Crippen LogP contribution in [0.2, 0.25) is 0 Å². The van der Waals surface area contributed by atoms with E-state index in [1.807, 2.05) is 25.6 Å². The van der Waals surface area contributed by atoms with E-state index >= 15 is 0 Å². The Bertz CT molecular complexity index is 331. The molecule has 0 aliphatic carbocycles. The predicted molar refractivity (Wildman–Crippen MR) is 65.4 cm³/mol. The van der Waals surface area contributed by atoms with E-state index in [1.165, 1.54) is 5.69 Å². The molecular formula is C12H23N3O. The zero-order valence-electron chi connectivity index (χ0n) is 10.8. The Morgan fingerprint density at radius 1 is 1.50 bits per heavy atom. The normalized spacial score (nSPS) is 15.1. The van der Waals surface area contributed by atoms with E-state index < -0.39 is 0 Å². The third kappa shape index (κ3) is 3.61. The lowest BCUT2D eigenvalue weighted by atomic mass is 9.98. The van der Waals surface area contributed by atoms with E-state index in [0.29, 0.717) is 13.2 Å². The highest BCUT2D eigenvalue weighted by molar-refractivity contribution is 5.13. The molecule has 0 aromatic carbocycles. The maximum Gasteiger partial charge on any atom is 0.0647 e. The van der Waals surface area contributed by atoms with Crippen LogP contribution in [0.25, 0.3) is 0 Å². The molecule has 4 heteroatoms. The lowest BCUT2D eigenvalue weighted by molar-refractivity contribution is 0.100. The molecule has 4 nitrogen and oxygen atoms in total. The first-order valence-electron chi connectivity index (χ1n) is 5.87. The third-order valence-corrected chi connectivity index (χ3v) is 2.61. The van der Waals surface area contributed by atoms with Gasteiger partial charge in [-0.05, 0) is 26.3 Å². The van der Waals surface area contributed by atoms with Gasteiger partial charge in [-0.1, -0.05) is 6.92 Å². The highest BCUT2D eigenvalue weighted by atomic mass is 16.5. The van der Waals surface area contributed by atoms with Gasteiger partial charge in [0.25, 0.3) is 0 Å². The number of nitrogens with two attached hydrogens (primary N) is 1. The summed E-state index contributed by atoms with van der Waals surface area (Å²) >= 11 is 0. The van der Waals surface area contributed by atoms with Crippen LogP contribution in [0, 0.1) is 0 Å². The highest BCUT2D eigenvalue weighted by Crippen LogP contribution is 2.12. The van der Waals surface area contributed by atoms with Gasteiger partial charge in [-0.25, -0.2) is 0 Å². The average Bonchev–Trinajstić information content (AvgIpc) is 2.56. The second-order valence-electron chi connectivity index (χ2n) is 4.57. The van der Waals surface area contributed by atoms with E-state index in [0.717, 1.165) is 18.5 Å². The van der Waals surface area contributed by atoms with Gasteiger partial charge in [0.15, 0.2) is 0 Å². The average molecular weight is 225 g/mol. The second-order valence-corrected chi connectivity index (χ2v) is 4.57. The van der Waals surface area contributed by atoms with Crippen molar-refractivity contribution in [3.63, 3.8) is 0 Å². The van der Waals surface area contributed by atoms with E-state index in [1.54, 1.807) is 0 Å². The minimum absolute atomic E-state index is 0.325. The van der Waals surface area contributed by atoms with Gasteiger partial charge in [0, 0.05) is 31.3 Å². The summed E-state index contributed by atoms with van der Waals surface area (Å²) in [7, 11) is 1.96. The molecule has 0 saturated heterocycles. The summed E-state index contributed by atoms with van der Waals surface area (Å²) in [5.74, 6) is 0. The minimum Gasteiger partial charge on any atom is -0.380 e. The molecule has 16 heavy (non-hydrogen) atoms. The highest BCUT2D eigenvalue weighted by Gasteiger charge is 2.21. The summed E-state index contributed by atoms with van der Waals surface area (Å²) in [5.41, 5.74) is 8.15. The molecule has 2 N–H and O–H groups in total. The summed E-state index contributed by atoms with van der Waals surface area (Å²) in [4.78, 5) is 0. The molecule has 0 aliphatic heterocycles. The molecule has 0 amide bonds. The van der Waals surface area contributed by atoms with Gasteiger partial charge in [0.2, 0.25) is 0 Å². The molecule has 1 rings (SSSR count). The Kier molecular flexibility index (Phi) is 4.50. The van der Waals surface area contributed by atoms with Crippen LogP contribution in [0.3, 0.4) is 0 Å². The van der Waals surface area contributed by atoms with Crippen LogP contribution in [0.5, 0.6) is 0 Å². The van der Waals surface area contributed by atoms with Gasteiger partial charge in [-0.15, -0.1) is 0 Å². The molecular weight excluding hydrogens is 202 g/mol. The van der Waals surface area contributed by atoms with Gasteiger partial charge in [-0.2, -0.15) is 5.10 Å². The topological polar surface area (TPSA) is 53.1 Å².